The number of carbonyl (C=O) groups excluding carboxylic acids is 2. The Labute approximate surface area is 215 Å². The van der Waals surface area contributed by atoms with E-state index in [2.05, 4.69) is 0 Å². The largest absolute Gasteiger partial charge is 0.426 e. The van der Waals surface area contributed by atoms with Crippen molar-refractivity contribution in [1.82, 2.24) is 0 Å². The predicted molar refractivity (Wildman–Crippen MR) is 141 cm³/mol. The summed E-state index contributed by atoms with van der Waals surface area (Å²) in [5, 5.41) is 1.99. The van der Waals surface area contributed by atoms with Gasteiger partial charge >= 0.3 is 11.9 Å². The molecule has 0 atom stereocenters. The quantitative estimate of drug-likeness (QED) is 0.322. The molecule has 6 rings (SSSR count). The van der Waals surface area contributed by atoms with Gasteiger partial charge in [-0.15, -0.1) is 0 Å². The summed E-state index contributed by atoms with van der Waals surface area (Å²) in [5.41, 5.74) is -0.557. The number of ether oxygens (including phenoxy) is 2. The molecule has 0 saturated heterocycles. The van der Waals surface area contributed by atoms with Crippen LogP contribution < -0.4 is 9.47 Å². The van der Waals surface area contributed by atoms with Gasteiger partial charge in [0.1, 0.15) is 11.5 Å². The van der Waals surface area contributed by atoms with Crippen molar-refractivity contribution >= 4 is 22.7 Å². The lowest BCUT2D eigenvalue weighted by atomic mass is 9.59. The third-order valence-corrected chi connectivity index (χ3v) is 10.3. The van der Waals surface area contributed by atoms with Crippen LogP contribution in [0, 0.1) is 22.7 Å². The molecule has 0 unspecified atom stereocenters. The minimum absolute atomic E-state index is 0.0226. The lowest BCUT2D eigenvalue weighted by Gasteiger charge is -2.45. The molecular weight excluding hydrogens is 448 g/mol. The van der Waals surface area contributed by atoms with Crippen LogP contribution in [0.15, 0.2) is 36.4 Å². The van der Waals surface area contributed by atoms with Crippen molar-refractivity contribution in [1.29, 1.82) is 0 Å². The SMILES string of the molecule is O=C(Oc1ccc2cc(OC(=O)C34CCCCC3CCCC4)ccc2c1)C12CCCCC1CCCC2. The molecule has 0 aliphatic heterocycles. The number of esters is 2. The first-order valence-corrected chi connectivity index (χ1v) is 14.6. The summed E-state index contributed by atoms with van der Waals surface area (Å²) in [4.78, 5) is 26.8. The third-order valence-electron chi connectivity index (χ3n) is 10.3. The number of hydrogen-bond donors (Lipinski definition) is 0. The van der Waals surface area contributed by atoms with Crippen molar-refractivity contribution in [2.75, 3.05) is 0 Å². The van der Waals surface area contributed by atoms with E-state index in [-0.39, 0.29) is 22.8 Å². The van der Waals surface area contributed by atoms with Gasteiger partial charge in [-0.1, -0.05) is 63.5 Å². The van der Waals surface area contributed by atoms with E-state index < -0.39 is 0 Å². The van der Waals surface area contributed by atoms with Crippen LogP contribution in [0.1, 0.15) is 103 Å². The molecule has 0 N–H and O–H groups in total. The van der Waals surface area contributed by atoms with Gasteiger partial charge < -0.3 is 9.47 Å². The Balaban J connectivity index is 1.17. The van der Waals surface area contributed by atoms with Crippen molar-refractivity contribution < 1.29 is 19.1 Å². The van der Waals surface area contributed by atoms with E-state index in [4.69, 9.17) is 9.47 Å². The summed E-state index contributed by atoms with van der Waals surface area (Å²) in [7, 11) is 0. The zero-order valence-electron chi connectivity index (χ0n) is 21.6. The molecule has 4 aliphatic carbocycles. The van der Waals surface area contributed by atoms with Gasteiger partial charge in [-0.25, -0.2) is 0 Å². The Bertz CT molecular complexity index is 1020. The predicted octanol–water partition coefficient (Wildman–Crippen LogP) is 8.15. The Morgan fingerprint density at radius 3 is 1.28 bits per heavy atom. The number of carbonyl (C=O) groups is 2. The zero-order chi connectivity index (χ0) is 24.6. The third kappa shape index (κ3) is 4.25. The molecule has 4 aliphatic rings. The first-order valence-electron chi connectivity index (χ1n) is 14.6. The highest BCUT2D eigenvalue weighted by atomic mass is 16.5. The summed E-state index contributed by atoms with van der Waals surface area (Å²) in [6, 6.07) is 11.6. The monoisotopic (exact) mass is 488 g/mol. The molecule has 0 radical (unpaired) electrons. The van der Waals surface area contributed by atoms with E-state index in [1.165, 1.54) is 25.7 Å². The minimum Gasteiger partial charge on any atom is -0.426 e. The molecular formula is C32H40O4. The van der Waals surface area contributed by atoms with Crippen LogP contribution >= 0.6 is 0 Å². The summed E-state index contributed by atoms with van der Waals surface area (Å²) < 4.78 is 12.1. The van der Waals surface area contributed by atoms with Crippen LogP contribution in [0.2, 0.25) is 0 Å². The molecule has 0 heterocycles. The molecule has 2 aromatic rings. The summed E-state index contributed by atoms with van der Waals surface area (Å²) in [5.74, 6) is 2.16. The van der Waals surface area contributed by atoms with Crippen molar-refractivity contribution in [2.24, 2.45) is 22.7 Å². The number of fused-ring (bicyclic) bond motifs is 3. The van der Waals surface area contributed by atoms with Crippen molar-refractivity contribution in [3.05, 3.63) is 36.4 Å². The van der Waals surface area contributed by atoms with Crippen LogP contribution in [0.4, 0.5) is 0 Å². The summed E-state index contributed by atoms with van der Waals surface area (Å²) in [6.45, 7) is 0. The van der Waals surface area contributed by atoms with Gasteiger partial charge in [0.25, 0.3) is 0 Å². The maximum absolute atomic E-state index is 13.4. The smallest absolute Gasteiger partial charge is 0.317 e. The normalized spacial score (nSPS) is 32.2. The molecule has 0 bridgehead atoms. The first-order chi connectivity index (χ1) is 17.6. The molecule has 4 fully saturated rings. The second kappa shape index (κ2) is 9.84. The van der Waals surface area contributed by atoms with Crippen molar-refractivity contribution in [2.45, 2.75) is 103 Å². The lowest BCUT2D eigenvalue weighted by Crippen LogP contribution is -2.45. The molecule has 2 aromatic carbocycles. The Kier molecular flexibility index (Phi) is 6.56. The molecule has 4 nitrogen and oxygen atoms in total. The summed E-state index contributed by atoms with van der Waals surface area (Å²) >= 11 is 0. The van der Waals surface area contributed by atoms with E-state index in [1.54, 1.807) is 0 Å². The van der Waals surface area contributed by atoms with E-state index in [0.717, 1.165) is 87.8 Å². The second-order valence-corrected chi connectivity index (χ2v) is 12.1. The van der Waals surface area contributed by atoms with E-state index in [1.807, 2.05) is 36.4 Å². The van der Waals surface area contributed by atoms with Crippen LogP contribution in [-0.2, 0) is 9.59 Å². The molecule has 0 spiro atoms. The number of benzene rings is 2. The number of rotatable bonds is 4. The van der Waals surface area contributed by atoms with E-state index >= 15 is 0 Å². The average Bonchev–Trinajstić information content (AvgIpc) is 2.93. The zero-order valence-corrected chi connectivity index (χ0v) is 21.6. The van der Waals surface area contributed by atoms with Gasteiger partial charge in [0.15, 0.2) is 0 Å². The Morgan fingerprint density at radius 1 is 0.556 bits per heavy atom. The average molecular weight is 489 g/mol. The van der Waals surface area contributed by atoms with Crippen molar-refractivity contribution in [3.8, 4) is 11.5 Å². The topological polar surface area (TPSA) is 52.6 Å². The fourth-order valence-electron chi connectivity index (χ4n) is 8.27. The van der Waals surface area contributed by atoms with E-state index in [0.29, 0.717) is 23.3 Å². The van der Waals surface area contributed by atoms with Gasteiger partial charge in [0.05, 0.1) is 10.8 Å². The van der Waals surface area contributed by atoms with Gasteiger partial charge in [-0.2, -0.15) is 0 Å². The molecule has 4 saturated carbocycles. The van der Waals surface area contributed by atoms with Crippen LogP contribution in [0.3, 0.4) is 0 Å². The van der Waals surface area contributed by atoms with Crippen LogP contribution in [0.25, 0.3) is 10.8 Å². The Hall–Kier alpha value is -2.36. The van der Waals surface area contributed by atoms with Gasteiger partial charge in [0, 0.05) is 0 Å². The van der Waals surface area contributed by atoms with E-state index in [9.17, 15) is 9.59 Å². The molecule has 192 valence electrons. The fourth-order valence-corrected chi connectivity index (χ4v) is 8.27. The van der Waals surface area contributed by atoms with Gasteiger partial charge in [0.2, 0.25) is 0 Å². The van der Waals surface area contributed by atoms with Gasteiger partial charge in [-0.05, 0) is 98.2 Å². The van der Waals surface area contributed by atoms with Gasteiger partial charge in [-0.3, -0.25) is 9.59 Å². The second-order valence-electron chi connectivity index (χ2n) is 12.1. The number of hydrogen-bond acceptors (Lipinski definition) is 4. The summed E-state index contributed by atoms with van der Waals surface area (Å²) in [6.07, 6.45) is 18.0. The Morgan fingerprint density at radius 2 is 0.917 bits per heavy atom. The fraction of sp³-hybridized carbons (Fsp3) is 0.625. The highest BCUT2D eigenvalue weighted by Crippen LogP contribution is 2.52. The van der Waals surface area contributed by atoms with Crippen molar-refractivity contribution in [3.63, 3.8) is 0 Å². The maximum Gasteiger partial charge on any atom is 0.317 e. The maximum atomic E-state index is 13.4. The van der Waals surface area contributed by atoms with Crippen LogP contribution in [-0.4, -0.2) is 11.9 Å². The van der Waals surface area contributed by atoms with Crippen LogP contribution in [0.5, 0.6) is 11.5 Å². The molecule has 36 heavy (non-hydrogen) atoms. The molecule has 0 amide bonds. The molecule has 4 heteroatoms. The standard InChI is InChI=1S/C32H40O4/c33-29(31-17-5-1-9-25(31)10-2-6-18-31)35-27-15-13-24-22-28(16-14-23(24)21-27)36-30(34)32-19-7-3-11-26(32)12-4-8-20-32/h13-16,21-22,25-26H,1-12,17-20H2. The minimum atomic E-state index is -0.279. The highest BCUT2D eigenvalue weighted by Gasteiger charge is 2.50. The molecule has 0 aromatic heterocycles. The lowest BCUT2D eigenvalue weighted by molar-refractivity contribution is -0.155. The first kappa shape index (κ1) is 24.0. The highest BCUT2D eigenvalue weighted by molar-refractivity contribution is 5.88.